The van der Waals surface area contributed by atoms with Gasteiger partial charge in [0, 0.05) is 28.0 Å². The van der Waals surface area contributed by atoms with Crippen molar-refractivity contribution < 1.29 is 5.11 Å². The molecule has 0 unspecified atom stereocenters. The minimum absolute atomic E-state index is 0.238. The lowest BCUT2D eigenvalue weighted by Crippen LogP contribution is -2.15. The molecule has 0 amide bonds. The summed E-state index contributed by atoms with van der Waals surface area (Å²) in [5, 5.41) is 12.6. The summed E-state index contributed by atoms with van der Waals surface area (Å²) in [7, 11) is 0. The first kappa shape index (κ1) is 18.9. The molecule has 0 radical (unpaired) electrons. The normalized spacial score (nSPS) is 12.4. The Morgan fingerprint density at radius 1 is 0.500 bits per heavy atom. The van der Waals surface area contributed by atoms with Crippen LogP contribution in [0.2, 0.25) is 0 Å². The number of aromatic nitrogens is 1. The Morgan fingerprint density at radius 3 is 1.85 bits per heavy atom. The molecule has 3 nitrogen and oxygen atoms in total. The number of para-hydroxylation sites is 2. The predicted octanol–water partition coefficient (Wildman–Crippen LogP) is 7.77. The van der Waals surface area contributed by atoms with Crippen molar-refractivity contribution in [2.24, 2.45) is 4.99 Å². The molecule has 160 valence electrons. The molecule has 0 spiro atoms. The Morgan fingerprint density at radius 2 is 1.06 bits per heavy atom. The molecule has 0 aliphatic carbocycles. The van der Waals surface area contributed by atoms with Crippen molar-refractivity contribution in [3.8, 4) is 28.0 Å². The van der Waals surface area contributed by atoms with Gasteiger partial charge < -0.3 is 5.11 Å². The second kappa shape index (κ2) is 7.19. The zero-order chi connectivity index (χ0) is 22.6. The topological polar surface area (TPSA) is 37.5 Å². The zero-order valence-corrected chi connectivity index (χ0v) is 18.3. The zero-order valence-electron chi connectivity index (χ0n) is 18.3. The molecule has 6 aromatic rings. The highest BCUT2D eigenvalue weighted by molar-refractivity contribution is 6.20. The maximum atomic E-state index is 10.4. The molecule has 5 aromatic carbocycles. The fourth-order valence-corrected chi connectivity index (χ4v) is 5.20. The number of rotatable bonds is 0. The van der Waals surface area contributed by atoms with Gasteiger partial charge in [0.1, 0.15) is 11.6 Å². The van der Waals surface area contributed by atoms with Crippen LogP contribution < -0.4 is 0 Å². The summed E-state index contributed by atoms with van der Waals surface area (Å²) in [5.41, 5.74) is 8.56. The number of aliphatic imine (C=N–C) groups is 1. The van der Waals surface area contributed by atoms with Crippen LogP contribution in [0, 0.1) is 0 Å². The number of benzene rings is 5. The summed E-state index contributed by atoms with van der Waals surface area (Å²) in [6.07, 6.45) is 0. The van der Waals surface area contributed by atoms with Crippen LogP contribution >= 0.6 is 0 Å². The van der Waals surface area contributed by atoms with Gasteiger partial charge in [-0.25, -0.2) is 4.99 Å². The van der Waals surface area contributed by atoms with E-state index in [1.165, 1.54) is 11.1 Å². The average Bonchev–Trinajstić information content (AvgIpc) is 3.20. The van der Waals surface area contributed by atoms with E-state index in [2.05, 4.69) is 95.6 Å². The first-order valence-corrected chi connectivity index (χ1v) is 11.4. The van der Waals surface area contributed by atoms with E-state index in [0.29, 0.717) is 0 Å². The largest absolute Gasteiger partial charge is 0.508 e. The summed E-state index contributed by atoms with van der Waals surface area (Å²) >= 11 is 0. The minimum Gasteiger partial charge on any atom is -0.508 e. The van der Waals surface area contributed by atoms with Crippen molar-refractivity contribution in [3.05, 3.63) is 121 Å². The molecule has 0 saturated heterocycles. The molecule has 1 aliphatic rings. The smallest absolute Gasteiger partial charge is 0.146 e. The van der Waals surface area contributed by atoms with Gasteiger partial charge in [0.05, 0.1) is 16.7 Å². The summed E-state index contributed by atoms with van der Waals surface area (Å²) < 4.78 is 2.19. The number of hydrogen-bond acceptors (Lipinski definition) is 2. The van der Waals surface area contributed by atoms with Crippen LogP contribution in [0.4, 0.5) is 5.69 Å². The van der Waals surface area contributed by atoms with Gasteiger partial charge in [-0.15, -0.1) is 0 Å². The minimum atomic E-state index is 0.238. The SMILES string of the molecule is Oc1ccc2c3ccccc3n(C3=Nc4ccccc4-c4ccccc4-c4ccccc43)c2c1. The van der Waals surface area contributed by atoms with Gasteiger partial charge in [-0.2, -0.15) is 0 Å². The van der Waals surface area contributed by atoms with Gasteiger partial charge in [0.15, 0.2) is 0 Å². The Bertz CT molecular complexity index is 1770. The fraction of sp³-hybridized carbons (Fsp3) is 0. The fourth-order valence-electron chi connectivity index (χ4n) is 5.20. The second-order valence-electron chi connectivity index (χ2n) is 8.60. The highest BCUT2D eigenvalue weighted by atomic mass is 16.3. The van der Waals surface area contributed by atoms with E-state index in [1.807, 2.05) is 18.2 Å². The van der Waals surface area contributed by atoms with Crippen LogP contribution in [0.3, 0.4) is 0 Å². The first-order chi connectivity index (χ1) is 16.8. The first-order valence-electron chi connectivity index (χ1n) is 11.4. The molecule has 1 aromatic heterocycles. The van der Waals surface area contributed by atoms with Gasteiger partial charge >= 0.3 is 0 Å². The summed E-state index contributed by atoms with van der Waals surface area (Å²) in [4.78, 5) is 5.31. The van der Waals surface area contributed by atoms with Crippen LogP contribution in [-0.2, 0) is 0 Å². The van der Waals surface area contributed by atoms with Crippen LogP contribution in [0.25, 0.3) is 44.1 Å². The highest BCUT2D eigenvalue weighted by Crippen LogP contribution is 2.42. The number of aromatic hydroxyl groups is 1. The van der Waals surface area contributed by atoms with Gasteiger partial charge in [0.25, 0.3) is 0 Å². The number of hydrogen-bond donors (Lipinski definition) is 1. The molecule has 0 bridgehead atoms. The van der Waals surface area contributed by atoms with Crippen molar-refractivity contribution in [1.82, 2.24) is 4.57 Å². The van der Waals surface area contributed by atoms with E-state index >= 15 is 0 Å². The lowest BCUT2D eigenvalue weighted by Gasteiger charge is -2.21. The molecule has 3 heteroatoms. The molecule has 0 fully saturated rings. The number of phenolic OH excluding ortho intramolecular Hbond substituents is 1. The molecule has 7 rings (SSSR count). The van der Waals surface area contributed by atoms with Gasteiger partial charge in [0.2, 0.25) is 0 Å². The Balaban J connectivity index is 1.68. The number of phenols is 1. The molecule has 1 aliphatic heterocycles. The lowest BCUT2D eigenvalue weighted by atomic mass is 9.89. The van der Waals surface area contributed by atoms with Crippen LogP contribution in [-0.4, -0.2) is 15.5 Å². The third-order valence-electron chi connectivity index (χ3n) is 6.67. The third-order valence-corrected chi connectivity index (χ3v) is 6.67. The third kappa shape index (κ3) is 2.67. The predicted molar refractivity (Wildman–Crippen MR) is 140 cm³/mol. The van der Waals surface area contributed by atoms with E-state index in [1.54, 1.807) is 6.07 Å². The van der Waals surface area contributed by atoms with Gasteiger partial charge in [-0.05, 0) is 41.0 Å². The Labute approximate surface area is 196 Å². The van der Waals surface area contributed by atoms with E-state index in [-0.39, 0.29) is 5.75 Å². The van der Waals surface area contributed by atoms with E-state index in [0.717, 1.165) is 50.0 Å². The molecule has 0 saturated carbocycles. The summed E-state index contributed by atoms with van der Waals surface area (Å²) in [6, 6.07) is 39.2. The molecule has 0 atom stereocenters. The average molecular weight is 437 g/mol. The Kier molecular flexibility index (Phi) is 4.00. The second-order valence-corrected chi connectivity index (χ2v) is 8.60. The van der Waals surface area contributed by atoms with Crippen molar-refractivity contribution in [1.29, 1.82) is 0 Å². The standard InChI is InChI=1S/C31H20N2O/c34-20-17-18-26-25-13-6-8-16-29(25)33(30(26)19-20)31-27-14-4-3-11-23(27)21-9-1-2-10-22(21)24-12-5-7-15-28(24)32-31/h1-19,34H. The molecule has 2 heterocycles. The molecular weight excluding hydrogens is 416 g/mol. The number of fused-ring (bicyclic) bond motifs is 8. The lowest BCUT2D eigenvalue weighted by molar-refractivity contribution is 0.476. The maximum Gasteiger partial charge on any atom is 0.146 e. The van der Waals surface area contributed by atoms with Crippen molar-refractivity contribution in [2.45, 2.75) is 0 Å². The van der Waals surface area contributed by atoms with Crippen LogP contribution in [0.1, 0.15) is 5.56 Å². The van der Waals surface area contributed by atoms with Gasteiger partial charge in [-0.3, -0.25) is 4.57 Å². The monoisotopic (exact) mass is 436 g/mol. The van der Waals surface area contributed by atoms with Gasteiger partial charge in [-0.1, -0.05) is 84.9 Å². The highest BCUT2D eigenvalue weighted by Gasteiger charge is 2.23. The maximum absolute atomic E-state index is 10.4. The van der Waals surface area contributed by atoms with Crippen LogP contribution in [0.5, 0.6) is 5.75 Å². The number of nitrogens with zero attached hydrogens (tertiary/aromatic N) is 2. The van der Waals surface area contributed by atoms with Crippen LogP contribution in [0.15, 0.2) is 120 Å². The van der Waals surface area contributed by atoms with Crippen molar-refractivity contribution in [3.63, 3.8) is 0 Å². The van der Waals surface area contributed by atoms with E-state index in [9.17, 15) is 5.11 Å². The molecular formula is C31H20N2O. The van der Waals surface area contributed by atoms with Crippen molar-refractivity contribution >= 4 is 33.3 Å². The summed E-state index contributed by atoms with van der Waals surface area (Å²) in [6.45, 7) is 0. The Hall–Kier alpha value is -4.63. The van der Waals surface area contributed by atoms with Crippen molar-refractivity contribution in [2.75, 3.05) is 0 Å². The van der Waals surface area contributed by atoms with E-state index < -0.39 is 0 Å². The molecule has 1 N–H and O–H groups in total. The summed E-state index contributed by atoms with van der Waals surface area (Å²) in [5.74, 6) is 1.08. The quantitative estimate of drug-likeness (QED) is 0.259. The van der Waals surface area contributed by atoms with E-state index in [4.69, 9.17) is 4.99 Å². The molecule has 34 heavy (non-hydrogen) atoms.